The van der Waals surface area contributed by atoms with Crippen LogP contribution in [-0.2, 0) is 20.7 Å². The fraction of sp³-hybridized carbons (Fsp3) is 0.513. The molecule has 0 saturated carbocycles. The molecule has 0 saturated heterocycles. The minimum absolute atomic E-state index is 0.0367. The van der Waals surface area contributed by atoms with Gasteiger partial charge in [-0.25, -0.2) is 4.79 Å². The molecule has 48 heavy (non-hydrogen) atoms. The molecule has 1 aromatic rings. The van der Waals surface area contributed by atoms with Crippen LogP contribution >= 0.6 is 0 Å². The van der Waals surface area contributed by atoms with E-state index in [0.29, 0.717) is 60.1 Å². The summed E-state index contributed by atoms with van der Waals surface area (Å²) in [4.78, 5) is 37.8. The third kappa shape index (κ3) is 7.68. The summed E-state index contributed by atoms with van der Waals surface area (Å²) in [5.41, 5.74) is 1.56. The van der Waals surface area contributed by atoms with E-state index in [2.05, 4.69) is 6.58 Å². The lowest BCUT2D eigenvalue weighted by molar-refractivity contribution is -0.132. The van der Waals surface area contributed by atoms with Crippen molar-refractivity contribution >= 4 is 24.1 Å². The number of hydrogen-bond donors (Lipinski definition) is 3. The predicted octanol–water partition coefficient (Wildman–Crippen LogP) is 7.09. The Balaban J connectivity index is 1.80. The normalized spacial score (nSPS) is 24.5. The van der Waals surface area contributed by atoms with Crippen LogP contribution in [-0.4, -0.2) is 62.9 Å². The number of aldehydes is 1. The first kappa shape index (κ1) is 36.9. The van der Waals surface area contributed by atoms with Crippen LogP contribution in [0.3, 0.4) is 0 Å². The molecule has 9 heteroatoms. The number of phenols is 1. The van der Waals surface area contributed by atoms with Crippen molar-refractivity contribution in [1.29, 1.82) is 0 Å². The fourth-order valence-corrected chi connectivity index (χ4v) is 6.68. The lowest BCUT2D eigenvalue weighted by Crippen LogP contribution is -2.51. The minimum atomic E-state index is -0.997. The zero-order chi connectivity index (χ0) is 35.7. The topological polar surface area (TPSA) is 140 Å². The molecule has 4 unspecified atom stereocenters. The molecule has 1 aliphatic carbocycles. The number of aromatic hydroxyl groups is 1. The number of carbonyl (C=O) groups is 3. The van der Waals surface area contributed by atoms with Crippen LogP contribution in [0.1, 0.15) is 103 Å². The zero-order valence-electron chi connectivity index (χ0n) is 29.4. The van der Waals surface area contributed by atoms with E-state index in [1.807, 2.05) is 53.7 Å². The molecule has 0 amide bonds. The van der Waals surface area contributed by atoms with E-state index in [-0.39, 0.29) is 28.7 Å². The van der Waals surface area contributed by atoms with Gasteiger partial charge in [-0.3, -0.25) is 4.79 Å². The van der Waals surface area contributed by atoms with Crippen LogP contribution in [0.15, 0.2) is 53.2 Å². The van der Waals surface area contributed by atoms with Gasteiger partial charge in [-0.1, -0.05) is 36.0 Å². The monoisotopic (exact) mass is 662 g/mol. The van der Waals surface area contributed by atoms with Crippen LogP contribution in [0.4, 0.5) is 0 Å². The Morgan fingerprint density at radius 3 is 2.50 bits per heavy atom. The number of hydrogen-bond acceptors (Lipinski definition) is 8. The summed E-state index contributed by atoms with van der Waals surface area (Å²) in [7, 11) is 0. The average molecular weight is 663 g/mol. The van der Waals surface area contributed by atoms with Crippen molar-refractivity contribution in [1.82, 2.24) is 0 Å². The molecular formula is C39H50O9. The number of benzene rings is 1. The van der Waals surface area contributed by atoms with E-state index in [1.165, 1.54) is 6.92 Å². The number of aliphatic hydroxyl groups is 1. The first-order valence-corrected chi connectivity index (χ1v) is 16.6. The molecule has 2 heterocycles. The summed E-state index contributed by atoms with van der Waals surface area (Å²) in [6.45, 7) is 18.7. The zero-order valence-corrected chi connectivity index (χ0v) is 29.4. The summed E-state index contributed by atoms with van der Waals surface area (Å²) in [5, 5.41) is 31.3. The van der Waals surface area contributed by atoms with Gasteiger partial charge < -0.3 is 34.3 Å². The van der Waals surface area contributed by atoms with Crippen molar-refractivity contribution in [2.45, 2.75) is 117 Å². The summed E-state index contributed by atoms with van der Waals surface area (Å²) in [6.07, 6.45) is 9.86. The minimum Gasteiger partial charge on any atom is -0.506 e. The maximum atomic E-state index is 14.4. The lowest BCUT2D eigenvalue weighted by Gasteiger charge is -2.46. The maximum Gasteiger partial charge on any atom is 0.330 e. The number of carboxylic acids is 1. The largest absolute Gasteiger partial charge is 0.506 e. The number of allylic oxidation sites excluding steroid dienone is 3. The molecule has 0 bridgehead atoms. The lowest BCUT2D eigenvalue weighted by atomic mass is 9.70. The molecule has 3 aliphatic rings. The van der Waals surface area contributed by atoms with Crippen molar-refractivity contribution in [2.24, 2.45) is 11.8 Å². The van der Waals surface area contributed by atoms with Crippen molar-refractivity contribution in [2.75, 3.05) is 0 Å². The highest BCUT2D eigenvalue weighted by atomic mass is 16.5. The van der Waals surface area contributed by atoms with E-state index < -0.39 is 47.0 Å². The van der Waals surface area contributed by atoms with Gasteiger partial charge in [0, 0.05) is 28.5 Å². The Hall–Kier alpha value is -3.95. The van der Waals surface area contributed by atoms with Crippen molar-refractivity contribution in [3.63, 3.8) is 0 Å². The molecule has 2 aliphatic heterocycles. The second kappa shape index (κ2) is 14.3. The Kier molecular flexibility index (Phi) is 11.0. The van der Waals surface area contributed by atoms with Gasteiger partial charge in [0.15, 0.2) is 5.78 Å². The van der Waals surface area contributed by atoms with E-state index in [0.717, 1.165) is 11.9 Å². The molecule has 260 valence electrons. The van der Waals surface area contributed by atoms with Crippen molar-refractivity contribution < 1.29 is 43.9 Å². The Labute approximate surface area is 283 Å². The molecule has 6 atom stereocenters. The Morgan fingerprint density at radius 2 is 1.90 bits per heavy atom. The maximum absolute atomic E-state index is 14.4. The van der Waals surface area contributed by atoms with Crippen molar-refractivity contribution in [3.05, 3.63) is 69.9 Å². The molecule has 0 fully saturated rings. The number of aliphatic hydroxyl groups excluding tert-OH is 1. The molecule has 1 aromatic carbocycles. The first-order chi connectivity index (χ1) is 22.4. The molecule has 0 spiro atoms. The van der Waals surface area contributed by atoms with Crippen LogP contribution in [0.5, 0.6) is 17.2 Å². The van der Waals surface area contributed by atoms with Gasteiger partial charge in [-0.15, -0.1) is 0 Å². The number of carbonyl (C=O) groups excluding carboxylic acids is 2. The standard InChI is InChI=1S/C39H50O9/c1-21(2)10-13-27-34-26(14-16-39(9,48-34)17-15-30(41)22(3)4)32(42)31-33(43)28-18-25(20-40)19-29(35(28)46-36(27)31)38(7,8)47-24(6)12-11-23(5)37(44)45/h10-11,14,16,18,20,24-25,29-30,35,41-42H,3,12-13,15,17,19H2,1-2,4-9H3,(H,44,45)/b23-11-/t24?,25?,29-,30?,35?,39-/m0/s1. The van der Waals surface area contributed by atoms with Gasteiger partial charge in [0.25, 0.3) is 0 Å². The molecular weight excluding hydrogens is 612 g/mol. The van der Waals surface area contributed by atoms with E-state index >= 15 is 0 Å². The average Bonchev–Trinajstić information content (AvgIpc) is 3.01. The SMILES string of the molecule is C=C(C)C(O)CC[C@]1(C)C=Cc2c(O)c3c(c(CC=C(C)C)c2O1)OC1C(=CC(C=O)C[C@@H]1C(C)(C)OC(C)C/C=C(/C)C(=O)O)C3=O. The number of ketones is 1. The van der Waals surface area contributed by atoms with Gasteiger partial charge >= 0.3 is 5.97 Å². The van der Waals surface area contributed by atoms with Crippen LogP contribution < -0.4 is 9.47 Å². The van der Waals surface area contributed by atoms with Crippen LogP contribution in [0.2, 0.25) is 0 Å². The summed E-state index contributed by atoms with van der Waals surface area (Å²) in [6, 6.07) is 0. The van der Waals surface area contributed by atoms with Gasteiger partial charge in [0.05, 0.1) is 23.4 Å². The van der Waals surface area contributed by atoms with Gasteiger partial charge in [-0.05, 0) is 99.6 Å². The highest BCUT2D eigenvalue weighted by Crippen LogP contribution is 2.53. The molecule has 0 radical (unpaired) electrons. The van der Waals surface area contributed by atoms with E-state index in [4.69, 9.17) is 14.2 Å². The first-order valence-electron chi connectivity index (χ1n) is 16.6. The van der Waals surface area contributed by atoms with Gasteiger partial charge in [-0.2, -0.15) is 0 Å². The fourth-order valence-electron chi connectivity index (χ4n) is 6.68. The Morgan fingerprint density at radius 1 is 1.21 bits per heavy atom. The second-order valence-corrected chi connectivity index (χ2v) is 14.5. The summed E-state index contributed by atoms with van der Waals surface area (Å²) in [5.74, 6) is -2.00. The molecule has 0 aromatic heterocycles. The summed E-state index contributed by atoms with van der Waals surface area (Å²) < 4.78 is 19.9. The molecule has 3 N–H and O–H groups in total. The third-order valence-electron chi connectivity index (χ3n) is 9.64. The van der Waals surface area contributed by atoms with E-state index in [9.17, 15) is 29.7 Å². The highest BCUT2D eigenvalue weighted by molar-refractivity contribution is 6.15. The Bertz CT molecular complexity index is 1600. The number of carboxylic acid groups (broad SMARTS) is 1. The van der Waals surface area contributed by atoms with Gasteiger partial charge in [0.1, 0.15) is 40.8 Å². The predicted molar refractivity (Wildman–Crippen MR) is 184 cm³/mol. The number of fused-ring (bicyclic) bond motifs is 3. The quantitative estimate of drug-likeness (QED) is 0.115. The van der Waals surface area contributed by atoms with E-state index in [1.54, 1.807) is 25.2 Å². The third-order valence-corrected chi connectivity index (χ3v) is 9.64. The number of ether oxygens (including phenoxy) is 3. The van der Waals surface area contributed by atoms with Crippen molar-refractivity contribution in [3.8, 4) is 17.2 Å². The number of phenolic OH excluding ortho intramolecular Hbond substituents is 1. The second-order valence-electron chi connectivity index (χ2n) is 14.5. The smallest absolute Gasteiger partial charge is 0.330 e. The van der Waals surface area contributed by atoms with Gasteiger partial charge in [0.2, 0.25) is 0 Å². The van der Waals surface area contributed by atoms with Crippen LogP contribution in [0, 0.1) is 11.8 Å². The summed E-state index contributed by atoms with van der Waals surface area (Å²) >= 11 is 0. The number of rotatable bonds is 13. The molecule has 9 nitrogen and oxygen atoms in total. The number of aliphatic carboxylic acids is 1. The van der Waals surface area contributed by atoms with Crippen LogP contribution in [0.25, 0.3) is 6.08 Å². The molecule has 4 rings (SSSR count). The highest BCUT2D eigenvalue weighted by Gasteiger charge is 2.50. The number of Topliss-reactive ketones (excluding diaryl/α,β-unsaturated/α-hetero) is 1.